The second-order valence-electron chi connectivity index (χ2n) is 22.2. The summed E-state index contributed by atoms with van der Waals surface area (Å²) in [5.74, 6) is -8.40. The first-order chi connectivity index (χ1) is 34.5. The van der Waals surface area contributed by atoms with E-state index in [1.807, 2.05) is 78.8 Å². The highest BCUT2D eigenvalue weighted by Gasteiger charge is 2.53. The zero-order chi connectivity index (χ0) is 54.4. The molecule has 15 atom stereocenters. The number of fused-ring (bicyclic) bond motifs is 3. The Hall–Kier alpha value is -3.86. The molecule has 3 aliphatic heterocycles. The van der Waals surface area contributed by atoms with Crippen molar-refractivity contribution in [1.29, 1.82) is 0 Å². The number of aliphatic hydroxyl groups is 2. The van der Waals surface area contributed by atoms with Gasteiger partial charge in [0.05, 0.1) is 29.8 Å². The maximum absolute atomic E-state index is 14.6. The minimum Gasteiger partial charge on any atom is -0.460 e. The zero-order valence-electron chi connectivity index (χ0n) is 46.4. The number of ketones is 3. The molecule has 0 aromatic heterocycles. The van der Waals surface area contributed by atoms with Crippen LogP contribution in [0.5, 0.6) is 0 Å². The van der Waals surface area contributed by atoms with Gasteiger partial charge in [-0.25, -0.2) is 4.79 Å². The molecule has 0 aromatic rings. The van der Waals surface area contributed by atoms with Crippen LogP contribution in [0, 0.1) is 40.9 Å². The van der Waals surface area contributed by atoms with Crippen molar-refractivity contribution in [1.82, 2.24) is 4.90 Å². The Morgan fingerprint density at radius 1 is 0.877 bits per heavy atom. The van der Waals surface area contributed by atoms with Crippen molar-refractivity contribution in [3.8, 4) is 0 Å². The van der Waals surface area contributed by atoms with Crippen LogP contribution < -0.4 is 0 Å². The molecule has 0 aromatic carbocycles. The Kier molecular flexibility index (Phi) is 23.9. The molecule has 1 amide bonds. The predicted octanol–water partition coefficient (Wildman–Crippen LogP) is 8.56. The lowest BCUT2D eigenvalue weighted by molar-refractivity contribution is -0.265. The number of piperidine rings is 1. The van der Waals surface area contributed by atoms with Crippen LogP contribution in [-0.4, -0.2) is 133 Å². The molecular formula is C58H91NO14. The van der Waals surface area contributed by atoms with Crippen LogP contribution in [0.1, 0.15) is 159 Å². The standard InChI is InChI=1S/C58H91NO14/c1-14-57(10,15-2)56(66)72-46-27-25-42(32-49(46)69-12)31-38(6)48-34-45(60)37(5)30-40(8)51(62)52(70-13)50(61)39(7)29-35(3)21-17-16-18-22-36(4)47(68-11)33-43-26-24-41(9)58(67,73-43)53(63)54(64)59-28-20-19-23-44(59)55(65)71-48/h16-18,21-22,30,35,38-44,46-49,51-52,62,67H,14-15,19-20,23-29,31-34H2,1-13H3/b18-16?,21-17?,36-22?,37-30+. The van der Waals surface area contributed by atoms with E-state index in [1.54, 1.807) is 41.1 Å². The highest BCUT2D eigenvalue weighted by atomic mass is 16.6. The zero-order valence-corrected chi connectivity index (χ0v) is 46.4. The number of cyclic esters (lactones) is 1. The second kappa shape index (κ2) is 28.3. The Balaban J connectivity index is 1.69. The van der Waals surface area contributed by atoms with E-state index in [9.17, 15) is 39.0 Å². The first kappa shape index (κ1) is 61.7. The van der Waals surface area contributed by atoms with Crippen LogP contribution in [0.4, 0.5) is 0 Å². The average molecular weight is 1030 g/mol. The van der Waals surface area contributed by atoms with Crippen molar-refractivity contribution in [3.05, 3.63) is 47.6 Å². The number of carbonyl (C=O) groups excluding carboxylic acids is 6. The molecular weight excluding hydrogens is 935 g/mol. The Morgan fingerprint density at radius 3 is 2.22 bits per heavy atom. The van der Waals surface area contributed by atoms with E-state index in [-0.39, 0.29) is 60.8 Å². The minimum absolute atomic E-state index is 0.0108. The van der Waals surface area contributed by atoms with Crippen LogP contribution in [-0.2, 0) is 57.2 Å². The molecule has 1 saturated carbocycles. The van der Waals surface area contributed by atoms with Crippen molar-refractivity contribution in [3.63, 3.8) is 0 Å². The van der Waals surface area contributed by atoms with Crippen LogP contribution in [0.25, 0.3) is 0 Å². The molecule has 2 bridgehead atoms. The molecule has 4 aliphatic rings. The van der Waals surface area contributed by atoms with Gasteiger partial charge in [0.25, 0.3) is 11.7 Å². The number of hydrogen-bond acceptors (Lipinski definition) is 14. The minimum atomic E-state index is -2.45. The van der Waals surface area contributed by atoms with Crippen LogP contribution in [0.2, 0.25) is 0 Å². The predicted molar refractivity (Wildman–Crippen MR) is 278 cm³/mol. The largest absolute Gasteiger partial charge is 0.460 e. The number of amides is 1. The topological polar surface area (TPSA) is 201 Å². The first-order valence-corrected chi connectivity index (χ1v) is 27.2. The van der Waals surface area contributed by atoms with Crippen LogP contribution in [0.3, 0.4) is 0 Å². The number of aliphatic hydroxyl groups excluding tert-OH is 1. The van der Waals surface area contributed by atoms with Gasteiger partial charge in [0, 0.05) is 58.5 Å². The van der Waals surface area contributed by atoms with Gasteiger partial charge in [-0.2, -0.15) is 0 Å². The van der Waals surface area contributed by atoms with E-state index in [0.29, 0.717) is 82.6 Å². The number of methoxy groups -OCH3 is 3. The van der Waals surface area contributed by atoms with Gasteiger partial charge < -0.3 is 43.5 Å². The summed E-state index contributed by atoms with van der Waals surface area (Å²) in [6.45, 7) is 18.6. The summed E-state index contributed by atoms with van der Waals surface area (Å²) in [5.41, 5.74) is 0.576. The molecule has 2 N–H and O–H groups in total. The third-order valence-electron chi connectivity index (χ3n) is 16.8. The van der Waals surface area contributed by atoms with Crippen molar-refractivity contribution in [2.45, 2.75) is 214 Å². The van der Waals surface area contributed by atoms with Crippen LogP contribution in [0.15, 0.2) is 47.6 Å². The molecule has 1 aliphatic carbocycles. The van der Waals surface area contributed by atoms with Gasteiger partial charge in [0.15, 0.2) is 11.6 Å². The maximum atomic E-state index is 14.6. The number of allylic oxidation sites excluding steroid dienone is 6. The molecule has 4 rings (SSSR count). The summed E-state index contributed by atoms with van der Waals surface area (Å²) in [5, 5.41) is 23.6. The summed E-state index contributed by atoms with van der Waals surface area (Å²) >= 11 is 0. The van der Waals surface area contributed by atoms with Gasteiger partial charge >= 0.3 is 11.9 Å². The van der Waals surface area contributed by atoms with E-state index >= 15 is 0 Å². The molecule has 3 fully saturated rings. The fraction of sp³-hybridized carbons (Fsp3) is 0.759. The van der Waals surface area contributed by atoms with Gasteiger partial charge in [0.1, 0.15) is 24.4 Å². The number of nitrogens with zero attached hydrogens (tertiary/aromatic N) is 1. The Bertz CT molecular complexity index is 2000. The molecule has 412 valence electrons. The summed E-state index contributed by atoms with van der Waals surface area (Å²) in [4.78, 5) is 85.9. The smallest absolute Gasteiger partial charge is 0.329 e. The Morgan fingerprint density at radius 2 is 1.58 bits per heavy atom. The maximum Gasteiger partial charge on any atom is 0.329 e. The second-order valence-corrected chi connectivity index (χ2v) is 22.2. The fourth-order valence-electron chi connectivity index (χ4n) is 11.1. The van der Waals surface area contributed by atoms with E-state index in [4.69, 9.17) is 28.4 Å². The summed E-state index contributed by atoms with van der Waals surface area (Å²) in [7, 11) is 4.56. The van der Waals surface area contributed by atoms with Crippen molar-refractivity contribution in [2.24, 2.45) is 40.9 Å². The quantitative estimate of drug-likeness (QED) is 0.156. The summed E-state index contributed by atoms with van der Waals surface area (Å²) in [6, 6.07) is -1.17. The highest BCUT2D eigenvalue weighted by Crippen LogP contribution is 2.39. The third kappa shape index (κ3) is 16.1. The molecule has 15 heteroatoms. The number of Topliss-reactive ketones (excluding diaryl/α,β-unsaturated/α-hetero) is 3. The summed E-state index contributed by atoms with van der Waals surface area (Å²) < 4.78 is 36.0. The number of hydrogen-bond donors (Lipinski definition) is 2. The SMILES string of the molecule is CCC(C)(CC)C(=O)OC1CCC(CC(C)C2CC(=O)/C(C)=C/C(C)C(O)C(OC)C(=O)C(C)CC(C)C=CC=CC=C(C)C(OC)CC3CCC(C)C(O)(O3)C(=O)C(=O)N3CCCCC3C(=O)O2)CC1OC. The average Bonchev–Trinajstić information content (AvgIpc) is 3.37. The van der Waals surface area contributed by atoms with Crippen molar-refractivity contribution >= 4 is 35.2 Å². The van der Waals surface area contributed by atoms with Crippen LogP contribution >= 0.6 is 0 Å². The molecule has 3 heterocycles. The van der Waals surface area contributed by atoms with Gasteiger partial charge in [-0.05, 0) is 127 Å². The monoisotopic (exact) mass is 1030 g/mol. The third-order valence-corrected chi connectivity index (χ3v) is 16.8. The molecule has 73 heavy (non-hydrogen) atoms. The summed E-state index contributed by atoms with van der Waals surface area (Å²) in [6.07, 6.45) is 12.4. The van der Waals surface area contributed by atoms with E-state index in [0.717, 1.165) is 5.57 Å². The molecule has 15 nitrogen and oxygen atoms in total. The lowest BCUT2D eigenvalue weighted by Gasteiger charge is -2.42. The van der Waals surface area contributed by atoms with E-state index in [1.165, 1.54) is 12.0 Å². The van der Waals surface area contributed by atoms with Gasteiger partial charge in [-0.3, -0.25) is 24.0 Å². The van der Waals surface area contributed by atoms with Gasteiger partial charge in [-0.1, -0.05) is 84.9 Å². The van der Waals surface area contributed by atoms with E-state index < -0.39 is 89.3 Å². The lowest BCUT2D eigenvalue weighted by Crippen LogP contribution is -2.61. The molecule has 0 radical (unpaired) electrons. The molecule has 0 spiro atoms. The Labute approximate surface area is 436 Å². The van der Waals surface area contributed by atoms with Crippen molar-refractivity contribution < 1.29 is 67.4 Å². The number of esters is 2. The highest BCUT2D eigenvalue weighted by molar-refractivity contribution is 6.39. The number of ether oxygens (including phenoxy) is 6. The fourth-order valence-corrected chi connectivity index (χ4v) is 11.1. The molecule has 15 unspecified atom stereocenters. The molecule has 2 saturated heterocycles. The van der Waals surface area contributed by atoms with Crippen molar-refractivity contribution in [2.75, 3.05) is 27.9 Å². The van der Waals surface area contributed by atoms with E-state index in [2.05, 4.69) is 0 Å². The van der Waals surface area contributed by atoms with Gasteiger partial charge in [0.2, 0.25) is 5.79 Å². The number of rotatable bonds is 10. The lowest BCUT2D eigenvalue weighted by atomic mass is 9.78. The normalized spacial score (nSPS) is 35.8. The number of carbonyl (C=O) groups is 6. The van der Waals surface area contributed by atoms with Gasteiger partial charge in [-0.15, -0.1) is 0 Å². The first-order valence-electron chi connectivity index (χ1n) is 27.2.